The second-order valence-electron chi connectivity index (χ2n) is 7.59. The van der Waals surface area contributed by atoms with Crippen LogP contribution in [0.25, 0.3) is 0 Å². The molecule has 0 saturated heterocycles. The predicted octanol–water partition coefficient (Wildman–Crippen LogP) is 6.64. The maximum atomic E-state index is 11.2. The van der Waals surface area contributed by atoms with E-state index in [1.54, 1.807) is 0 Å². The van der Waals surface area contributed by atoms with Gasteiger partial charge in [-0.2, -0.15) is 0 Å². The molecule has 0 heterocycles. The zero-order valence-electron chi connectivity index (χ0n) is 17.9. The lowest BCUT2D eigenvalue weighted by Gasteiger charge is -2.21. The Labute approximate surface area is 171 Å². The van der Waals surface area contributed by atoms with E-state index in [4.69, 9.17) is 0 Å². The molecule has 0 spiro atoms. The first kappa shape index (κ1) is 22.0. The van der Waals surface area contributed by atoms with Gasteiger partial charge in [0.15, 0.2) is 0 Å². The molecule has 0 unspecified atom stereocenters. The Kier molecular flexibility index (Phi) is 9.07. The normalized spacial score (nSPS) is 12.8. The van der Waals surface area contributed by atoms with E-state index in [1.165, 1.54) is 24.8 Å². The van der Waals surface area contributed by atoms with Gasteiger partial charge in [-0.3, -0.25) is 0 Å². The first-order valence-corrected chi connectivity index (χ1v) is 10.5. The third kappa shape index (κ3) is 6.41. The Morgan fingerprint density at radius 2 is 1.64 bits per heavy atom. The van der Waals surface area contributed by atoms with Gasteiger partial charge in [0.1, 0.15) is 0 Å². The molecular weight excluding hydrogens is 342 g/mol. The molecule has 28 heavy (non-hydrogen) atoms. The molecule has 150 valence electrons. The molecule has 0 aromatic heterocycles. The summed E-state index contributed by atoms with van der Waals surface area (Å²) in [5.41, 5.74) is 8.05. The predicted molar refractivity (Wildman–Crippen MR) is 121 cm³/mol. The van der Waals surface area contributed by atoms with E-state index in [0.29, 0.717) is 0 Å². The number of rotatable bonds is 10. The van der Waals surface area contributed by atoms with Crippen molar-refractivity contribution in [3.8, 4) is 0 Å². The molecule has 0 aliphatic carbocycles. The van der Waals surface area contributed by atoms with Crippen molar-refractivity contribution >= 4 is 5.69 Å². The van der Waals surface area contributed by atoms with Crippen LogP contribution in [0.5, 0.6) is 0 Å². The monoisotopic (exact) mass is 377 g/mol. The minimum atomic E-state index is -0.597. The number of hydrogen-bond acceptors (Lipinski definition) is 2. The van der Waals surface area contributed by atoms with E-state index in [-0.39, 0.29) is 5.92 Å². The highest BCUT2D eigenvalue weighted by Crippen LogP contribution is 2.33. The number of hydrogen-bond donors (Lipinski definition) is 1. The van der Waals surface area contributed by atoms with Gasteiger partial charge in [0.05, 0.1) is 6.10 Å². The summed E-state index contributed by atoms with van der Waals surface area (Å²) < 4.78 is 0. The highest BCUT2D eigenvalue weighted by Gasteiger charge is 2.20. The van der Waals surface area contributed by atoms with Crippen LogP contribution in [0, 0.1) is 0 Å². The van der Waals surface area contributed by atoms with Gasteiger partial charge in [-0.25, -0.2) is 0 Å². The third-order valence-corrected chi connectivity index (χ3v) is 5.25. The van der Waals surface area contributed by atoms with E-state index in [1.807, 2.05) is 44.4 Å². The molecule has 0 radical (unpaired) electrons. The first-order chi connectivity index (χ1) is 13.6. The summed E-state index contributed by atoms with van der Waals surface area (Å²) in [6.07, 6.45) is 7.28. The SMILES string of the molecule is CCCCCC(=C=C[C@@H](c1ccccc1)[C@@H](O)c1ccc(N(C)C)cc1)CC. The molecule has 2 aromatic rings. The number of aliphatic hydroxyl groups is 1. The summed E-state index contributed by atoms with van der Waals surface area (Å²) in [7, 11) is 4.05. The van der Waals surface area contributed by atoms with Crippen molar-refractivity contribution in [1.29, 1.82) is 0 Å². The molecule has 1 N–H and O–H groups in total. The van der Waals surface area contributed by atoms with Gasteiger partial charge in [0.2, 0.25) is 0 Å². The molecule has 0 amide bonds. The molecular formula is C26H35NO. The average molecular weight is 378 g/mol. The Hall–Kier alpha value is -2.28. The van der Waals surface area contributed by atoms with E-state index in [0.717, 1.165) is 29.7 Å². The zero-order chi connectivity index (χ0) is 20.4. The van der Waals surface area contributed by atoms with E-state index in [2.05, 4.69) is 54.8 Å². The Morgan fingerprint density at radius 3 is 2.21 bits per heavy atom. The van der Waals surface area contributed by atoms with Gasteiger partial charge < -0.3 is 10.0 Å². The van der Waals surface area contributed by atoms with Crippen LogP contribution in [0.2, 0.25) is 0 Å². The van der Waals surface area contributed by atoms with Crippen LogP contribution in [0.1, 0.15) is 69.1 Å². The van der Waals surface area contributed by atoms with Crippen molar-refractivity contribution in [3.05, 3.63) is 83.1 Å². The van der Waals surface area contributed by atoms with Crippen LogP contribution in [-0.2, 0) is 0 Å². The number of unbranched alkanes of at least 4 members (excludes halogenated alkanes) is 2. The van der Waals surface area contributed by atoms with Crippen LogP contribution in [0.4, 0.5) is 5.69 Å². The largest absolute Gasteiger partial charge is 0.387 e. The fourth-order valence-corrected chi connectivity index (χ4v) is 3.37. The molecule has 2 heteroatoms. The standard InChI is InChI=1S/C26H35NO/c1-5-7-9-12-21(6-2)15-20-25(22-13-10-8-11-14-22)26(28)23-16-18-24(19-17-23)27(3)4/h8,10-11,13-14,16-20,25-26,28H,5-7,9,12H2,1-4H3/t15?,25-,26-/m0/s1. The minimum Gasteiger partial charge on any atom is -0.387 e. The average Bonchev–Trinajstić information content (AvgIpc) is 2.73. The Balaban J connectivity index is 2.32. The van der Waals surface area contributed by atoms with E-state index in [9.17, 15) is 5.11 Å². The molecule has 2 nitrogen and oxygen atoms in total. The topological polar surface area (TPSA) is 23.5 Å². The van der Waals surface area contributed by atoms with Crippen LogP contribution in [-0.4, -0.2) is 19.2 Å². The number of aliphatic hydroxyl groups excluding tert-OH is 1. The summed E-state index contributed by atoms with van der Waals surface area (Å²) in [5, 5.41) is 11.2. The Morgan fingerprint density at radius 1 is 0.964 bits per heavy atom. The van der Waals surface area contributed by atoms with Crippen LogP contribution >= 0.6 is 0 Å². The molecule has 2 rings (SSSR count). The molecule has 2 atom stereocenters. The van der Waals surface area contributed by atoms with Crippen molar-refractivity contribution < 1.29 is 5.11 Å². The summed E-state index contributed by atoms with van der Waals surface area (Å²) in [6, 6.07) is 18.4. The lowest BCUT2D eigenvalue weighted by molar-refractivity contribution is 0.162. The maximum absolute atomic E-state index is 11.2. The lowest BCUT2D eigenvalue weighted by Crippen LogP contribution is -2.11. The fourth-order valence-electron chi connectivity index (χ4n) is 3.37. The van der Waals surface area contributed by atoms with Crippen LogP contribution < -0.4 is 4.90 Å². The molecule has 0 bridgehead atoms. The smallest absolute Gasteiger partial charge is 0.0899 e. The molecule has 0 aliphatic heterocycles. The van der Waals surface area contributed by atoms with Gasteiger partial charge in [-0.15, -0.1) is 5.73 Å². The highest BCUT2D eigenvalue weighted by molar-refractivity contribution is 5.47. The number of benzene rings is 2. The van der Waals surface area contributed by atoms with Gasteiger partial charge in [-0.1, -0.05) is 69.2 Å². The molecule has 0 fully saturated rings. The summed E-state index contributed by atoms with van der Waals surface area (Å²) in [4.78, 5) is 2.07. The van der Waals surface area contributed by atoms with Gasteiger partial charge in [0, 0.05) is 25.7 Å². The maximum Gasteiger partial charge on any atom is 0.0899 e. The van der Waals surface area contributed by atoms with Crippen LogP contribution in [0.15, 0.2) is 72.0 Å². The van der Waals surface area contributed by atoms with Crippen molar-refractivity contribution in [2.24, 2.45) is 0 Å². The van der Waals surface area contributed by atoms with E-state index < -0.39 is 6.10 Å². The van der Waals surface area contributed by atoms with Gasteiger partial charge in [0.25, 0.3) is 0 Å². The van der Waals surface area contributed by atoms with Crippen LogP contribution in [0.3, 0.4) is 0 Å². The van der Waals surface area contributed by atoms with Crippen molar-refractivity contribution in [3.63, 3.8) is 0 Å². The summed E-state index contributed by atoms with van der Waals surface area (Å²) >= 11 is 0. The van der Waals surface area contributed by atoms with Crippen molar-refractivity contribution in [2.45, 2.75) is 58.0 Å². The number of nitrogens with zero attached hydrogens (tertiary/aromatic N) is 1. The second kappa shape index (κ2) is 11.5. The second-order valence-corrected chi connectivity index (χ2v) is 7.59. The van der Waals surface area contributed by atoms with E-state index >= 15 is 0 Å². The third-order valence-electron chi connectivity index (χ3n) is 5.25. The van der Waals surface area contributed by atoms with Crippen molar-refractivity contribution in [2.75, 3.05) is 19.0 Å². The summed E-state index contributed by atoms with van der Waals surface area (Å²) in [6.45, 7) is 4.42. The lowest BCUT2D eigenvalue weighted by atomic mass is 9.88. The van der Waals surface area contributed by atoms with Crippen molar-refractivity contribution in [1.82, 2.24) is 0 Å². The molecule has 0 saturated carbocycles. The highest BCUT2D eigenvalue weighted by atomic mass is 16.3. The summed E-state index contributed by atoms with van der Waals surface area (Å²) in [5.74, 6) is -0.112. The Bertz CT molecular complexity index is 755. The van der Waals surface area contributed by atoms with Gasteiger partial charge >= 0.3 is 0 Å². The zero-order valence-corrected chi connectivity index (χ0v) is 17.9. The molecule has 0 aliphatic rings. The first-order valence-electron chi connectivity index (χ1n) is 10.5. The fraction of sp³-hybridized carbons (Fsp3) is 0.423. The number of anilines is 1. The minimum absolute atomic E-state index is 0.112. The van der Waals surface area contributed by atoms with Gasteiger partial charge in [-0.05, 0) is 54.2 Å². The molecule has 2 aromatic carbocycles. The quantitative estimate of drug-likeness (QED) is 0.370.